The molecule has 0 aliphatic carbocycles. The Labute approximate surface area is 161 Å². The molecular weight excluding hydrogens is 377 g/mol. The molecule has 0 saturated carbocycles. The second-order valence-electron chi connectivity index (χ2n) is 5.82. The fourth-order valence-corrected chi connectivity index (χ4v) is 3.09. The third-order valence-corrected chi connectivity index (χ3v) is 4.50. The van der Waals surface area contributed by atoms with Gasteiger partial charge in [-0.15, -0.1) is 0 Å². The van der Waals surface area contributed by atoms with Crippen LogP contribution < -0.4 is 20.3 Å². The molecule has 1 saturated heterocycles. The number of anilines is 2. The van der Waals surface area contributed by atoms with Gasteiger partial charge in [0, 0.05) is 28.7 Å². The van der Waals surface area contributed by atoms with Crippen molar-refractivity contribution >= 4 is 46.5 Å². The van der Waals surface area contributed by atoms with Crippen molar-refractivity contribution in [3.05, 3.63) is 52.5 Å². The van der Waals surface area contributed by atoms with E-state index in [-0.39, 0.29) is 18.4 Å². The summed E-state index contributed by atoms with van der Waals surface area (Å²) in [6, 6.07) is 11.2. The number of carbonyl (C=O) groups excluding carboxylic acids is 2. The van der Waals surface area contributed by atoms with Crippen molar-refractivity contribution in [1.82, 2.24) is 5.32 Å². The minimum absolute atomic E-state index is 0.0574. The minimum atomic E-state index is -0.429. The van der Waals surface area contributed by atoms with Gasteiger partial charge in [-0.05, 0) is 42.5 Å². The number of carbonyl (C=O) groups is 2. The lowest BCUT2D eigenvalue weighted by Gasteiger charge is -2.18. The van der Waals surface area contributed by atoms with Crippen LogP contribution in [0.1, 0.15) is 6.42 Å². The maximum atomic E-state index is 12.3. The van der Waals surface area contributed by atoms with Gasteiger partial charge in [-0.2, -0.15) is 0 Å². The van der Waals surface area contributed by atoms with Gasteiger partial charge in [0.05, 0.1) is 18.8 Å². The van der Waals surface area contributed by atoms with E-state index in [2.05, 4.69) is 10.6 Å². The molecule has 3 rings (SSSR count). The normalized spacial score (nSPS) is 16.5. The Hall–Kier alpha value is -2.44. The Morgan fingerprint density at radius 3 is 2.54 bits per heavy atom. The first-order valence-electron chi connectivity index (χ1n) is 7.93. The molecule has 1 fully saturated rings. The topological polar surface area (TPSA) is 70.7 Å². The largest absolute Gasteiger partial charge is 0.495 e. The number of halogens is 2. The molecule has 8 heteroatoms. The van der Waals surface area contributed by atoms with Crippen molar-refractivity contribution in [2.75, 3.05) is 23.9 Å². The molecule has 26 heavy (non-hydrogen) atoms. The molecule has 0 bridgehead atoms. The summed E-state index contributed by atoms with van der Waals surface area (Å²) in [6.07, 6.45) is 0.225. The van der Waals surface area contributed by atoms with Crippen LogP contribution in [0.25, 0.3) is 0 Å². The molecule has 2 N–H and O–H groups in total. The monoisotopic (exact) mass is 393 g/mol. The minimum Gasteiger partial charge on any atom is -0.495 e. The van der Waals surface area contributed by atoms with Crippen LogP contribution in [0.4, 0.5) is 16.2 Å². The quantitative estimate of drug-likeness (QED) is 0.826. The third-order valence-electron chi connectivity index (χ3n) is 4.01. The number of benzene rings is 2. The summed E-state index contributed by atoms with van der Waals surface area (Å²) in [7, 11) is 1.51. The fourth-order valence-electron chi connectivity index (χ4n) is 2.80. The van der Waals surface area contributed by atoms with Gasteiger partial charge in [-0.1, -0.05) is 23.2 Å². The maximum Gasteiger partial charge on any atom is 0.319 e. The first-order chi connectivity index (χ1) is 12.5. The van der Waals surface area contributed by atoms with Gasteiger partial charge in [-0.25, -0.2) is 4.79 Å². The van der Waals surface area contributed by atoms with E-state index < -0.39 is 6.03 Å². The summed E-state index contributed by atoms with van der Waals surface area (Å²) in [5.41, 5.74) is 1.21. The highest BCUT2D eigenvalue weighted by Gasteiger charge is 2.31. The van der Waals surface area contributed by atoms with Gasteiger partial charge >= 0.3 is 6.03 Å². The van der Waals surface area contributed by atoms with Crippen LogP contribution in [0.2, 0.25) is 10.0 Å². The highest BCUT2D eigenvalue weighted by Crippen LogP contribution is 2.28. The van der Waals surface area contributed by atoms with Crippen LogP contribution in [0.5, 0.6) is 5.75 Å². The first kappa shape index (κ1) is 18.4. The molecular formula is C18H17Cl2N3O3. The molecule has 1 aliphatic rings. The highest BCUT2D eigenvalue weighted by molar-refractivity contribution is 6.31. The van der Waals surface area contributed by atoms with E-state index in [4.69, 9.17) is 27.9 Å². The van der Waals surface area contributed by atoms with E-state index in [1.807, 2.05) is 0 Å². The second kappa shape index (κ2) is 7.85. The van der Waals surface area contributed by atoms with Crippen molar-refractivity contribution < 1.29 is 14.3 Å². The number of hydrogen-bond acceptors (Lipinski definition) is 3. The number of urea groups is 1. The van der Waals surface area contributed by atoms with Gasteiger partial charge in [0.1, 0.15) is 5.75 Å². The molecule has 1 aliphatic heterocycles. The summed E-state index contributed by atoms with van der Waals surface area (Å²) < 4.78 is 5.20. The Balaban J connectivity index is 1.63. The van der Waals surface area contributed by atoms with E-state index >= 15 is 0 Å². The molecule has 3 amide bonds. The second-order valence-corrected chi connectivity index (χ2v) is 6.70. The number of methoxy groups -OCH3 is 1. The Morgan fingerprint density at radius 2 is 1.85 bits per heavy atom. The molecule has 6 nitrogen and oxygen atoms in total. The molecule has 0 unspecified atom stereocenters. The number of hydrogen-bond donors (Lipinski definition) is 2. The van der Waals surface area contributed by atoms with Crippen molar-refractivity contribution in [2.24, 2.45) is 0 Å². The summed E-state index contributed by atoms with van der Waals surface area (Å²) in [4.78, 5) is 26.1. The summed E-state index contributed by atoms with van der Waals surface area (Å²) in [5, 5.41) is 6.58. The molecule has 0 aromatic heterocycles. The number of rotatable bonds is 4. The van der Waals surface area contributed by atoms with Crippen molar-refractivity contribution in [1.29, 1.82) is 0 Å². The van der Waals surface area contributed by atoms with Gasteiger partial charge in [0.25, 0.3) is 0 Å². The van der Waals surface area contributed by atoms with Crippen molar-refractivity contribution in [2.45, 2.75) is 12.5 Å². The van der Waals surface area contributed by atoms with E-state index in [0.717, 1.165) is 5.69 Å². The first-order valence-corrected chi connectivity index (χ1v) is 8.69. The lowest BCUT2D eigenvalue weighted by molar-refractivity contribution is -0.117. The lowest BCUT2D eigenvalue weighted by Crippen LogP contribution is -2.39. The fraction of sp³-hybridized carbons (Fsp3) is 0.222. The molecule has 136 valence electrons. The Morgan fingerprint density at radius 1 is 1.15 bits per heavy atom. The Kier molecular flexibility index (Phi) is 5.54. The summed E-state index contributed by atoms with van der Waals surface area (Å²) >= 11 is 11.8. The maximum absolute atomic E-state index is 12.3. The highest BCUT2D eigenvalue weighted by atomic mass is 35.5. The van der Waals surface area contributed by atoms with Crippen LogP contribution in [0.15, 0.2) is 42.5 Å². The van der Waals surface area contributed by atoms with Crippen LogP contribution in [-0.2, 0) is 4.79 Å². The zero-order valence-electron chi connectivity index (χ0n) is 14.0. The molecule has 1 atom stereocenters. The van der Waals surface area contributed by atoms with E-state index in [0.29, 0.717) is 28.0 Å². The smallest absolute Gasteiger partial charge is 0.319 e. The Bertz CT molecular complexity index is 827. The average Bonchev–Trinajstić information content (AvgIpc) is 2.96. The molecule has 0 radical (unpaired) electrons. The number of nitrogens with zero attached hydrogens (tertiary/aromatic N) is 1. The number of amides is 3. The van der Waals surface area contributed by atoms with E-state index in [9.17, 15) is 9.59 Å². The van der Waals surface area contributed by atoms with Gasteiger partial charge in [-0.3, -0.25) is 4.79 Å². The predicted molar refractivity (Wildman–Crippen MR) is 102 cm³/mol. The van der Waals surface area contributed by atoms with Crippen molar-refractivity contribution in [3.63, 3.8) is 0 Å². The summed E-state index contributed by atoms with van der Waals surface area (Å²) in [5.74, 6) is 0.438. The molecule has 2 aromatic carbocycles. The number of nitrogens with one attached hydrogen (secondary N) is 2. The van der Waals surface area contributed by atoms with Gasteiger partial charge in [0.15, 0.2) is 0 Å². The van der Waals surface area contributed by atoms with E-state index in [1.54, 1.807) is 47.4 Å². The van der Waals surface area contributed by atoms with Gasteiger partial charge in [0.2, 0.25) is 5.91 Å². The standard InChI is InChI=1S/C18H17Cl2N3O3/c1-26-16-7-4-12(20)8-15(16)22-18(25)21-13-9-17(24)23(10-13)14-5-2-11(19)3-6-14/h2-8,13H,9-10H2,1H3,(H2,21,22,25)/t13-/m1/s1. The SMILES string of the molecule is COc1ccc(Cl)cc1NC(=O)N[C@@H]1CC(=O)N(c2ccc(Cl)cc2)C1. The van der Waals surface area contributed by atoms with Crippen LogP contribution in [0.3, 0.4) is 0 Å². The molecule has 1 heterocycles. The van der Waals surface area contributed by atoms with Crippen LogP contribution in [0, 0.1) is 0 Å². The zero-order valence-corrected chi connectivity index (χ0v) is 15.5. The van der Waals surface area contributed by atoms with Crippen molar-refractivity contribution in [3.8, 4) is 5.75 Å². The third kappa shape index (κ3) is 4.20. The lowest BCUT2D eigenvalue weighted by atomic mass is 10.2. The number of ether oxygens (including phenoxy) is 1. The van der Waals surface area contributed by atoms with Gasteiger partial charge < -0.3 is 20.3 Å². The molecule has 0 spiro atoms. The predicted octanol–water partition coefficient (Wildman–Crippen LogP) is 3.93. The summed E-state index contributed by atoms with van der Waals surface area (Å²) in [6.45, 7) is 0.389. The van der Waals surface area contributed by atoms with E-state index in [1.165, 1.54) is 7.11 Å². The average molecular weight is 394 g/mol. The van der Waals surface area contributed by atoms with Crippen LogP contribution >= 0.6 is 23.2 Å². The zero-order chi connectivity index (χ0) is 18.7. The van der Waals surface area contributed by atoms with Crippen LogP contribution in [-0.4, -0.2) is 31.6 Å². The molecule has 2 aromatic rings.